The molecular weight excluding hydrogens is 266 g/mol. The van der Waals surface area contributed by atoms with Crippen LogP contribution in [0, 0.1) is 6.92 Å². The highest BCUT2D eigenvalue weighted by molar-refractivity contribution is 7.14. The van der Waals surface area contributed by atoms with Gasteiger partial charge in [-0.05, 0) is 13.8 Å². The van der Waals surface area contributed by atoms with E-state index in [1.807, 2.05) is 0 Å². The first kappa shape index (κ1) is 13.2. The van der Waals surface area contributed by atoms with E-state index in [1.165, 1.54) is 11.3 Å². The van der Waals surface area contributed by atoms with Gasteiger partial charge in [0, 0.05) is 18.6 Å². The molecule has 1 amide bonds. The number of anilines is 1. The summed E-state index contributed by atoms with van der Waals surface area (Å²) in [5, 5.41) is 20.7. The van der Waals surface area contributed by atoms with E-state index in [2.05, 4.69) is 20.6 Å². The Morgan fingerprint density at radius 1 is 1.58 bits per heavy atom. The SMILES string of the molecule is CC(=NO)c1csc(NC(=O)c2cn(C)nc2C)n1. The number of aromatic nitrogens is 3. The maximum atomic E-state index is 12.0. The second-order valence-electron chi connectivity index (χ2n) is 3.98. The second-order valence-corrected chi connectivity index (χ2v) is 4.84. The van der Waals surface area contributed by atoms with Crippen molar-refractivity contribution in [3.8, 4) is 0 Å². The average molecular weight is 279 g/mol. The number of carbonyl (C=O) groups is 1. The lowest BCUT2D eigenvalue weighted by atomic mass is 10.2. The number of hydrogen-bond acceptors (Lipinski definition) is 6. The molecule has 2 rings (SSSR count). The Balaban J connectivity index is 2.15. The minimum Gasteiger partial charge on any atom is -0.411 e. The molecule has 0 fully saturated rings. The van der Waals surface area contributed by atoms with Crippen molar-refractivity contribution in [2.45, 2.75) is 13.8 Å². The third-order valence-corrected chi connectivity index (χ3v) is 3.26. The summed E-state index contributed by atoms with van der Waals surface area (Å²) >= 11 is 1.27. The quantitative estimate of drug-likeness (QED) is 0.507. The van der Waals surface area contributed by atoms with Crippen LogP contribution in [0.1, 0.15) is 28.7 Å². The van der Waals surface area contributed by atoms with Crippen molar-refractivity contribution >= 4 is 28.1 Å². The second kappa shape index (κ2) is 5.19. The van der Waals surface area contributed by atoms with E-state index in [0.717, 1.165) is 0 Å². The monoisotopic (exact) mass is 279 g/mol. The molecule has 19 heavy (non-hydrogen) atoms. The molecule has 0 spiro atoms. The van der Waals surface area contributed by atoms with Gasteiger partial charge in [0.2, 0.25) is 0 Å². The van der Waals surface area contributed by atoms with Crippen molar-refractivity contribution in [1.82, 2.24) is 14.8 Å². The number of oxime groups is 1. The Morgan fingerprint density at radius 3 is 2.89 bits per heavy atom. The molecule has 0 radical (unpaired) electrons. The van der Waals surface area contributed by atoms with E-state index in [9.17, 15) is 4.79 Å². The molecular formula is C11H13N5O2S. The highest BCUT2D eigenvalue weighted by atomic mass is 32.1. The smallest absolute Gasteiger partial charge is 0.260 e. The highest BCUT2D eigenvalue weighted by Gasteiger charge is 2.14. The molecule has 0 aliphatic carbocycles. The van der Waals surface area contributed by atoms with Crippen molar-refractivity contribution in [3.05, 3.63) is 28.5 Å². The van der Waals surface area contributed by atoms with Crippen LogP contribution in [0.25, 0.3) is 0 Å². The number of amides is 1. The third-order valence-electron chi connectivity index (χ3n) is 2.50. The lowest BCUT2D eigenvalue weighted by molar-refractivity contribution is 0.102. The predicted octanol–water partition coefficient (Wildman–Crippen LogP) is 1.64. The van der Waals surface area contributed by atoms with Gasteiger partial charge in [-0.2, -0.15) is 5.10 Å². The number of hydrogen-bond donors (Lipinski definition) is 2. The van der Waals surface area contributed by atoms with Crippen molar-refractivity contribution in [2.24, 2.45) is 12.2 Å². The lowest BCUT2D eigenvalue weighted by Gasteiger charge is -1.99. The fourth-order valence-electron chi connectivity index (χ4n) is 1.54. The van der Waals surface area contributed by atoms with E-state index < -0.39 is 0 Å². The van der Waals surface area contributed by atoms with Gasteiger partial charge in [-0.1, -0.05) is 5.16 Å². The van der Waals surface area contributed by atoms with Crippen molar-refractivity contribution in [2.75, 3.05) is 5.32 Å². The molecule has 0 saturated carbocycles. The van der Waals surface area contributed by atoms with Crippen molar-refractivity contribution in [3.63, 3.8) is 0 Å². The maximum Gasteiger partial charge on any atom is 0.260 e. The first-order chi connectivity index (χ1) is 9.01. The van der Waals surface area contributed by atoms with Crippen LogP contribution in [0.3, 0.4) is 0 Å². The van der Waals surface area contributed by atoms with Crippen molar-refractivity contribution < 1.29 is 10.0 Å². The van der Waals surface area contributed by atoms with Gasteiger partial charge in [-0.15, -0.1) is 11.3 Å². The summed E-state index contributed by atoms with van der Waals surface area (Å²) in [4.78, 5) is 16.2. The summed E-state index contributed by atoms with van der Waals surface area (Å²) < 4.78 is 1.58. The fraction of sp³-hybridized carbons (Fsp3) is 0.273. The standard InChI is InChI=1S/C11H13N5O2S/c1-6-8(4-16(3)14-6)10(17)13-11-12-9(5-19-11)7(2)15-18/h4-5,18H,1-3H3,(H,12,13,17). The van der Waals surface area contributed by atoms with Gasteiger partial charge >= 0.3 is 0 Å². The zero-order valence-corrected chi connectivity index (χ0v) is 11.5. The van der Waals surface area contributed by atoms with Crippen LogP contribution in [0.2, 0.25) is 0 Å². The first-order valence-electron chi connectivity index (χ1n) is 5.47. The summed E-state index contributed by atoms with van der Waals surface area (Å²) in [7, 11) is 1.76. The van der Waals surface area contributed by atoms with Gasteiger partial charge in [-0.3, -0.25) is 14.8 Å². The molecule has 0 atom stereocenters. The first-order valence-corrected chi connectivity index (χ1v) is 6.35. The molecule has 0 unspecified atom stereocenters. The van der Waals surface area contributed by atoms with E-state index >= 15 is 0 Å². The molecule has 2 aromatic heterocycles. The van der Waals surface area contributed by atoms with Gasteiger partial charge in [0.05, 0.1) is 11.3 Å². The van der Waals surface area contributed by atoms with Crippen LogP contribution < -0.4 is 5.32 Å². The largest absolute Gasteiger partial charge is 0.411 e. The molecule has 100 valence electrons. The maximum absolute atomic E-state index is 12.0. The summed E-state index contributed by atoms with van der Waals surface area (Å²) in [6, 6.07) is 0. The molecule has 2 N–H and O–H groups in total. The van der Waals surface area contributed by atoms with Crippen LogP contribution in [-0.2, 0) is 7.05 Å². The minimum atomic E-state index is -0.259. The van der Waals surface area contributed by atoms with E-state index in [0.29, 0.717) is 27.8 Å². The minimum absolute atomic E-state index is 0.259. The Kier molecular flexibility index (Phi) is 3.61. The average Bonchev–Trinajstić information content (AvgIpc) is 2.95. The van der Waals surface area contributed by atoms with Gasteiger partial charge in [0.25, 0.3) is 5.91 Å². The van der Waals surface area contributed by atoms with Crippen LogP contribution in [0.15, 0.2) is 16.7 Å². The summed E-state index contributed by atoms with van der Waals surface area (Å²) in [6.07, 6.45) is 1.65. The Hall–Kier alpha value is -2.22. The number of aryl methyl sites for hydroxylation is 2. The molecule has 0 saturated heterocycles. The summed E-state index contributed by atoms with van der Waals surface area (Å²) in [5.74, 6) is -0.259. The number of nitrogens with zero attached hydrogens (tertiary/aromatic N) is 4. The van der Waals surface area contributed by atoms with Crippen molar-refractivity contribution in [1.29, 1.82) is 0 Å². The Bertz CT molecular complexity index is 643. The van der Waals surface area contributed by atoms with Gasteiger partial charge in [-0.25, -0.2) is 4.98 Å². The van der Waals surface area contributed by atoms with Gasteiger partial charge < -0.3 is 5.21 Å². The van der Waals surface area contributed by atoms with Gasteiger partial charge in [0.1, 0.15) is 11.4 Å². The number of thiazole rings is 1. The third kappa shape index (κ3) is 2.79. The summed E-state index contributed by atoms with van der Waals surface area (Å²) in [5.41, 5.74) is 2.09. The zero-order chi connectivity index (χ0) is 14.0. The van der Waals surface area contributed by atoms with Crippen LogP contribution in [0.4, 0.5) is 5.13 Å². The number of carbonyl (C=O) groups excluding carboxylic acids is 1. The van der Waals surface area contributed by atoms with Crippen LogP contribution >= 0.6 is 11.3 Å². The molecule has 8 heteroatoms. The Morgan fingerprint density at radius 2 is 2.32 bits per heavy atom. The molecule has 7 nitrogen and oxygen atoms in total. The van der Waals surface area contributed by atoms with E-state index in [4.69, 9.17) is 5.21 Å². The van der Waals surface area contributed by atoms with Crippen LogP contribution in [0.5, 0.6) is 0 Å². The highest BCUT2D eigenvalue weighted by Crippen LogP contribution is 2.17. The lowest BCUT2D eigenvalue weighted by Crippen LogP contribution is -2.12. The zero-order valence-electron chi connectivity index (χ0n) is 10.7. The predicted molar refractivity (Wildman–Crippen MR) is 72.0 cm³/mol. The summed E-state index contributed by atoms with van der Waals surface area (Å²) in [6.45, 7) is 3.40. The fourth-order valence-corrected chi connectivity index (χ4v) is 2.28. The number of rotatable bonds is 3. The molecule has 2 aromatic rings. The molecule has 0 bridgehead atoms. The number of nitrogens with one attached hydrogen (secondary N) is 1. The molecule has 0 aliphatic heterocycles. The van der Waals surface area contributed by atoms with Gasteiger partial charge in [0.15, 0.2) is 5.13 Å². The van der Waals surface area contributed by atoms with Crippen LogP contribution in [-0.4, -0.2) is 31.6 Å². The molecule has 2 heterocycles. The van der Waals surface area contributed by atoms with E-state index in [-0.39, 0.29) is 5.91 Å². The topological polar surface area (TPSA) is 92.4 Å². The van der Waals surface area contributed by atoms with E-state index in [1.54, 1.807) is 37.2 Å². The molecule has 0 aliphatic rings. The normalized spacial score (nSPS) is 11.6. The Labute approximate surface area is 113 Å². The molecule has 0 aromatic carbocycles.